The van der Waals surface area contributed by atoms with Gasteiger partial charge in [-0.25, -0.2) is 0 Å². The van der Waals surface area contributed by atoms with Crippen LogP contribution in [0, 0.1) is 0 Å². The molecule has 0 spiro atoms. The summed E-state index contributed by atoms with van der Waals surface area (Å²) in [6.07, 6.45) is 3.80. The van der Waals surface area contributed by atoms with E-state index in [9.17, 15) is 9.90 Å². The number of hydrogen-bond acceptors (Lipinski definition) is 2. The average Bonchev–Trinajstić information content (AvgIpc) is 3.28. The van der Waals surface area contributed by atoms with E-state index in [1.54, 1.807) is 23.1 Å². The molecule has 1 fully saturated rings. The normalized spacial score (nSPS) is 14.2. The van der Waals surface area contributed by atoms with Crippen molar-refractivity contribution in [2.45, 2.75) is 18.9 Å². The average molecular weight is 267 g/mol. The Balaban J connectivity index is 2.01. The summed E-state index contributed by atoms with van der Waals surface area (Å²) < 4.78 is 0. The fourth-order valence-electron chi connectivity index (χ4n) is 2.48. The van der Waals surface area contributed by atoms with Crippen molar-refractivity contribution in [3.05, 3.63) is 54.6 Å². The monoisotopic (exact) mass is 267 g/mol. The van der Waals surface area contributed by atoms with E-state index >= 15 is 0 Å². The van der Waals surface area contributed by atoms with Gasteiger partial charge in [-0.3, -0.25) is 4.79 Å². The van der Waals surface area contributed by atoms with Gasteiger partial charge in [0.25, 0.3) is 5.91 Å². The van der Waals surface area contributed by atoms with Crippen molar-refractivity contribution in [2.75, 3.05) is 6.54 Å². The Labute approximate surface area is 118 Å². The van der Waals surface area contributed by atoms with Gasteiger partial charge in [0.2, 0.25) is 0 Å². The summed E-state index contributed by atoms with van der Waals surface area (Å²) in [5, 5.41) is 12.0. The molecule has 1 amide bonds. The Bertz CT molecular complexity index is 674. The molecule has 0 unspecified atom stereocenters. The fourth-order valence-corrected chi connectivity index (χ4v) is 2.48. The quantitative estimate of drug-likeness (QED) is 0.863. The fraction of sp³-hybridized carbons (Fsp3) is 0.235. The predicted molar refractivity (Wildman–Crippen MR) is 79.9 cm³/mol. The number of fused-ring (bicyclic) bond motifs is 1. The number of aromatic hydroxyl groups is 1. The topological polar surface area (TPSA) is 40.5 Å². The zero-order valence-electron chi connectivity index (χ0n) is 11.2. The largest absolute Gasteiger partial charge is 0.507 e. The number of benzene rings is 2. The first-order chi connectivity index (χ1) is 9.70. The lowest BCUT2D eigenvalue weighted by Gasteiger charge is -2.21. The van der Waals surface area contributed by atoms with Crippen LogP contribution in [-0.2, 0) is 0 Å². The van der Waals surface area contributed by atoms with Gasteiger partial charge in [0.1, 0.15) is 5.75 Å². The molecular formula is C17H17NO2. The maximum Gasteiger partial charge on any atom is 0.258 e. The molecule has 1 aliphatic carbocycles. The summed E-state index contributed by atoms with van der Waals surface area (Å²) in [5.74, 6) is -0.0703. The van der Waals surface area contributed by atoms with Gasteiger partial charge < -0.3 is 10.0 Å². The summed E-state index contributed by atoms with van der Waals surface area (Å²) >= 11 is 0. The van der Waals surface area contributed by atoms with Crippen LogP contribution in [0.1, 0.15) is 23.2 Å². The van der Waals surface area contributed by atoms with Crippen LogP contribution in [0.4, 0.5) is 0 Å². The predicted octanol–water partition coefficient (Wildman–Crippen LogP) is 3.34. The van der Waals surface area contributed by atoms with Gasteiger partial charge in [-0.15, -0.1) is 6.58 Å². The van der Waals surface area contributed by atoms with Crippen molar-refractivity contribution in [1.82, 2.24) is 4.90 Å². The SMILES string of the molecule is C=CCN(C(=O)c1cc2ccccc2cc1O)C1CC1. The third-order valence-corrected chi connectivity index (χ3v) is 3.67. The second kappa shape index (κ2) is 5.00. The van der Waals surface area contributed by atoms with Gasteiger partial charge in [0.05, 0.1) is 5.56 Å². The molecule has 1 saturated carbocycles. The molecule has 1 N–H and O–H groups in total. The molecule has 0 saturated heterocycles. The van der Waals surface area contributed by atoms with Crippen LogP contribution in [0.3, 0.4) is 0 Å². The van der Waals surface area contributed by atoms with Crippen LogP contribution >= 0.6 is 0 Å². The number of carbonyl (C=O) groups excluding carboxylic acids is 1. The van der Waals surface area contributed by atoms with E-state index in [-0.39, 0.29) is 11.7 Å². The highest BCUT2D eigenvalue weighted by molar-refractivity contribution is 6.01. The minimum Gasteiger partial charge on any atom is -0.507 e. The van der Waals surface area contributed by atoms with E-state index in [0.29, 0.717) is 18.2 Å². The lowest BCUT2D eigenvalue weighted by molar-refractivity contribution is 0.0760. The van der Waals surface area contributed by atoms with E-state index in [1.165, 1.54) is 0 Å². The second-order valence-corrected chi connectivity index (χ2v) is 5.19. The molecule has 20 heavy (non-hydrogen) atoms. The first-order valence-electron chi connectivity index (χ1n) is 6.84. The number of phenols is 1. The van der Waals surface area contributed by atoms with Crippen molar-refractivity contribution in [3.63, 3.8) is 0 Å². The molecular weight excluding hydrogens is 250 g/mol. The molecule has 2 aromatic carbocycles. The number of nitrogens with zero attached hydrogens (tertiary/aromatic N) is 1. The highest BCUT2D eigenvalue weighted by atomic mass is 16.3. The minimum atomic E-state index is -0.115. The third-order valence-electron chi connectivity index (χ3n) is 3.67. The highest BCUT2D eigenvalue weighted by Gasteiger charge is 2.33. The Morgan fingerprint density at radius 2 is 1.95 bits per heavy atom. The third kappa shape index (κ3) is 2.27. The molecule has 102 valence electrons. The minimum absolute atomic E-state index is 0.0448. The van der Waals surface area contributed by atoms with Crippen molar-refractivity contribution in [1.29, 1.82) is 0 Å². The molecule has 3 heteroatoms. The summed E-state index contributed by atoms with van der Waals surface area (Å²) in [5.41, 5.74) is 0.373. The Hall–Kier alpha value is -2.29. The van der Waals surface area contributed by atoms with E-state index < -0.39 is 0 Å². The highest BCUT2D eigenvalue weighted by Crippen LogP contribution is 2.31. The van der Waals surface area contributed by atoms with Gasteiger partial charge >= 0.3 is 0 Å². The van der Waals surface area contributed by atoms with Crippen LogP contribution in [0.15, 0.2) is 49.1 Å². The van der Waals surface area contributed by atoms with E-state index in [1.807, 2.05) is 24.3 Å². The first kappa shape index (κ1) is 12.7. The molecule has 3 rings (SSSR count). The molecule has 0 atom stereocenters. The number of carbonyl (C=O) groups is 1. The summed E-state index contributed by atoms with van der Waals surface area (Å²) in [4.78, 5) is 14.4. The Morgan fingerprint density at radius 3 is 2.55 bits per heavy atom. The van der Waals surface area contributed by atoms with Crippen molar-refractivity contribution in [2.24, 2.45) is 0 Å². The standard InChI is InChI=1S/C17H17NO2/c1-2-9-18(14-7-8-14)17(20)15-10-12-5-3-4-6-13(12)11-16(15)19/h2-6,10-11,14,19H,1,7-9H2. The number of phenolic OH excluding ortho intramolecular Hbond substituents is 1. The lowest BCUT2D eigenvalue weighted by Crippen LogP contribution is -2.33. The maximum atomic E-state index is 12.6. The van der Waals surface area contributed by atoms with Crippen LogP contribution in [0.25, 0.3) is 10.8 Å². The zero-order chi connectivity index (χ0) is 14.1. The summed E-state index contributed by atoms with van der Waals surface area (Å²) in [7, 11) is 0. The van der Waals surface area contributed by atoms with Crippen LogP contribution in [0.2, 0.25) is 0 Å². The second-order valence-electron chi connectivity index (χ2n) is 5.19. The summed E-state index contributed by atoms with van der Waals surface area (Å²) in [6.45, 7) is 4.23. The Morgan fingerprint density at radius 1 is 1.30 bits per heavy atom. The molecule has 0 radical (unpaired) electrons. The van der Waals surface area contributed by atoms with E-state index in [4.69, 9.17) is 0 Å². The van der Waals surface area contributed by atoms with Gasteiger partial charge in [-0.2, -0.15) is 0 Å². The Kier molecular flexibility index (Phi) is 3.18. The van der Waals surface area contributed by atoms with Crippen molar-refractivity contribution in [3.8, 4) is 5.75 Å². The van der Waals surface area contributed by atoms with Gasteiger partial charge in [-0.05, 0) is 35.7 Å². The van der Waals surface area contributed by atoms with Crippen LogP contribution in [-0.4, -0.2) is 28.5 Å². The molecule has 0 aliphatic heterocycles. The van der Waals surface area contributed by atoms with Gasteiger partial charge in [-0.1, -0.05) is 30.3 Å². The lowest BCUT2D eigenvalue weighted by atomic mass is 10.0. The van der Waals surface area contributed by atoms with Crippen molar-refractivity contribution < 1.29 is 9.90 Å². The molecule has 0 aromatic heterocycles. The molecule has 3 nitrogen and oxygen atoms in total. The molecule has 2 aromatic rings. The van der Waals surface area contributed by atoms with Crippen LogP contribution in [0.5, 0.6) is 5.75 Å². The van der Waals surface area contributed by atoms with E-state index in [2.05, 4.69) is 6.58 Å². The molecule has 0 heterocycles. The zero-order valence-corrected chi connectivity index (χ0v) is 11.2. The molecule has 1 aliphatic rings. The number of hydrogen-bond donors (Lipinski definition) is 1. The van der Waals surface area contributed by atoms with Crippen LogP contribution < -0.4 is 0 Å². The number of rotatable bonds is 4. The molecule has 0 bridgehead atoms. The smallest absolute Gasteiger partial charge is 0.258 e. The van der Waals surface area contributed by atoms with Gasteiger partial charge in [0, 0.05) is 12.6 Å². The van der Waals surface area contributed by atoms with Crippen molar-refractivity contribution >= 4 is 16.7 Å². The first-order valence-corrected chi connectivity index (χ1v) is 6.84. The number of amides is 1. The summed E-state index contributed by atoms with van der Waals surface area (Å²) in [6, 6.07) is 11.4. The maximum absolute atomic E-state index is 12.6. The van der Waals surface area contributed by atoms with E-state index in [0.717, 1.165) is 23.6 Å². The van der Waals surface area contributed by atoms with Gasteiger partial charge in [0.15, 0.2) is 0 Å².